The van der Waals surface area contributed by atoms with E-state index in [1.165, 1.54) is 40.7 Å². The topological polar surface area (TPSA) is 172 Å². The minimum atomic E-state index is -5.06. The summed E-state index contributed by atoms with van der Waals surface area (Å²) >= 11 is 0. The SMILES string of the molecule is C[C@@H]([C@H]1CC[C@H]2C3=C(CC[C@]12C)[C@@]12CO[C@@](O)([C@@H](O)C1)C(C)(C)[C@@H]2[C@@H](OS(=O)(=O)[O-])C3)[C@H]1C[C@@H]2C[C@@](C)(OC2(C)C)[C@H](CC[C@@H](C)[C@H]2CC[C@H]3c4ccc5c(c4CC[C@]23C)C[C@H](O)C(=O)C5(C)C)O1.[Na+]. The van der Waals surface area contributed by atoms with Crippen LogP contribution < -0.4 is 29.6 Å². The molecule has 0 aromatic heterocycles. The third-order valence-corrected chi connectivity index (χ3v) is 23.7. The minimum absolute atomic E-state index is 0. The number of rotatable bonds is 8. The summed E-state index contributed by atoms with van der Waals surface area (Å²) in [6, 6.07) is 4.55. The van der Waals surface area contributed by atoms with Gasteiger partial charge < -0.3 is 34.1 Å². The van der Waals surface area contributed by atoms with Gasteiger partial charge >= 0.3 is 29.6 Å². The molecule has 70 heavy (non-hydrogen) atoms. The largest absolute Gasteiger partial charge is 1.00 e. The molecule has 11 nitrogen and oxygen atoms in total. The zero-order chi connectivity index (χ0) is 49.6. The number of carbonyl (C=O) groups is 1. The molecule has 0 amide bonds. The second kappa shape index (κ2) is 16.9. The van der Waals surface area contributed by atoms with Crippen LogP contribution in [-0.2, 0) is 51.8 Å². The summed E-state index contributed by atoms with van der Waals surface area (Å²) in [7, 11) is -5.06. The third-order valence-electron chi connectivity index (χ3n) is 23.2. The molecule has 7 aliphatic carbocycles. The first-order chi connectivity index (χ1) is 32.0. The number of hydrogen-bond donors (Lipinski definition) is 3. The van der Waals surface area contributed by atoms with Crippen LogP contribution in [0.2, 0.25) is 0 Å². The van der Waals surface area contributed by atoms with Gasteiger partial charge in [-0.05, 0) is 199 Å². The Hall–Kier alpha value is -0.740. The summed E-state index contributed by atoms with van der Waals surface area (Å²) in [5, 5.41) is 34.1. The molecule has 11 aliphatic rings. The Bertz CT molecular complexity index is 2450. The molecule has 4 aliphatic heterocycles. The molecule has 18 atom stereocenters. The smallest absolute Gasteiger partial charge is 0.726 e. The Balaban J connectivity index is 0.00000567. The number of hydrogen-bond acceptors (Lipinski definition) is 11. The summed E-state index contributed by atoms with van der Waals surface area (Å²) in [6.07, 6.45) is 10.2. The summed E-state index contributed by atoms with van der Waals surface area (Å²) in [5.74, 6) is 0.261. The normalized spacial score (nSPS) is 46.9. The first kappa shape index (κ1) is 52.7. The van der Waals surface area contributed by atoms with Crippen LogP contribution in [0.25, 0.3) is 0 Å². The molecule has 4 bridgehead atoms. The van der Waals surface area contributed by atoms with Crippen LogP contribution in [-0.4, -0.2) is 88.2 Å². The molecule has 4 saturated heterocycles. The molecular weight excluding hydrogens is 916 g/mol. The molecular formula is C57H83NaO11S. The molecule has 3 saturated carbocycles. The van der Waals surface area contributed by atoms with Crippen LogP contribution >= 0.6 is 0 Å². The zero-order valence-corrected chi connectivity index (χ0v) is 47.3. The zero-order valence-electron chi connectivity index (χ0n) is 44.5. The van der Waals surface area contributed by atoms with Gasteiger partial charge in [-0.1, -0.05) is 64.8 Å². The molecule has 13 heteroatoms. The monoisotopic (exact) mass is 999 g/mol. The van der Waals surface area contributed by atoms with Gasteiger partial charge in [-0.2, -0.15) is 0 Å². The Morgan fingerprint density at radius 2 is 1.54 bits per heavy atom. The van der Waals surface area contributed by atoms with Gasteiger partial charge in [-0.25, -0.2) is 8.42 Å². The van der Waals surface area contributed by atoms with Crippen molar-refractivity contribution in [1.29, 1.82) is 0 Å². The van der Waals surface area contributed by atoms with Gasteiger partial charge in [0.25, 0.3) is 0 Å². The van der Waals surface area contributed by atoms with Crippen LogP contribution in [0.3, 0.4) is 0 Å². The van der Waals surface area contributed by atoms with Crippen molar-refractivity contribution in [3.63, 3.8) is 0 Å². The fraction of sp³-hybridized carbons (Fsp3) is 0.842. The Morgan fingerprint density at radius 3 is 2.24 bits per heavy atom. The number of fused-ring (bicyclic) bond motifs is 11. The first-order valence-corrected chi connectivity index (χ1v) is 28.5. The Kier molecular flexibility index (Phi) is 12.7. The van der Waals surface area contributed by atoms with E-state index in [0.29, 0.717) is 42.4 Å². The number of aliphatic hydroxyl groups excluding tert-OH is 2. The number of benzene rings is 1. The van der Waals surface area contributed by atoms with E-state index in [9.17, 15) is 33.1 Å². The van der Waals surface area contributed by atoms with Crippen LogP contribution in [0.1, 0.15) is 188 Å². The van der Waals surface area contributed by atoms with Crippen LogP contribution in [0.4, 0.5) is 0 Å². The van der Waals surface area contributed by atoms with E-state index < -0.39 is 56.7 Å². The molecule has 1 aromatic rings. The van der Waals surface area contributed by atoms with Crippen molar-refractivity contribution in [3.8, 4) is 0 Å². The number of Topliss-reactive ketones (excluding diaryl/α,β-unsaturated/α-hetero) is 1. The minimum Gasteiger partial charge on any atom is -0.726 e. The summed E-state index contributed by atoms with van der Waals surface area (Å²) in [4.78, 5) is 13.1. The number of aliphatic hydroxyl groups is 3. The molecule has 4 heterocycles. The predicted molar refractivity (Wildman–Crippen MR) is 260 cm³/mol. The van der Waals surface area contributed by atoms with Crippen molar-refractivity contribution < 1.29 is 81.0 Å². The maximum atomic E-state index is 13.1. The van der Waals surface area contributed by atoms with Gasteiger partial charge in [0.2, 0.25) is 10.4 Å². The summed E-state index contributed by atoms with van der Waals surface area (Å²) in [6.45, 7) is 24.5. The number of carbonyl (C=O) groups excluding carboxylic acids is 1. The van der Waals surface area contributed by atoms with Gasteiger partial charge in [0.15, 0.2) is 11.6 Å². The van der Waals surface area contributed by atoms with Crippen molar-refractivity contribution in [1.82, 2.24) is 0 Å². The van der Waals surface area contributed by atoms with Crippen molar-refractivity contribution in [2.45, 2.75) is 231 Å². The number of ether oxygens (including phenoxy) is 3. The van der Waals surface area contributed by atoms with E-state index in [4.69, 9.17) is 18.4 Å². The Labute approximate surface area is 441 Å². The molecule has 3 N–H and O–H groups in total. The molecule has 0 unspecified atom stereocenters. The van der Waals surface area contributed by atoms with Gasteiger partial charge in [-0.15, -0.1) is 0 Å². The predicted octanol–water partition coefficient (Wildman–Crippen LogP) is 6.17. The van der Waals surface area contributed by atoms with E-state index in [-0.39, 0.29) is 94.4 Å². The van der Waals surface area contributed by atoms with E-state index in [2.05, 4.69) is 60.6 Å². The van der Waals surface area contributed by atoms with Crippen LogP contribution in [0, 0.1) is 63.1 Å². The van der Waals surface area contributed by atoms with Gasteiger partial charge in [-0.3, -0.25) is 8.98 Å². The molecule has 384 valence electrons. The van der Waals surface area contributed by atoms with Crippen molar-refractivity contribution >= 4 is 16.2 Å². The van der Waals surface area contributed by atoms with Crippen LogP contribution in [0.15, 0.2) is 23.3 Å². The maximum Gasteiger partial charge on any atom is 1.00 e. The van der Waals surface area contributed by atoms with Crippen molar-refractivity contribution in [3.05, 3.63) is 45.5 Å². The standard InChI is InChI=1S/C57H84O11S.Na/c1-30(37-15-17-40-34-13-14-39-35(33(34)20-22-53(37,40)9)25-43(58)49(60)50(39,3)4)12-19-47-55(11)27-32(52(7,8)68-55)24-44(66-47)31(2)38-16-18-41-36-26-45(67-69(62,63)64)48-51(5,6)57(61)46(59)28-56(48,29-65-57)42(36)21-23-54(38,41)10;/h13-14,30-32,37-38,40-41,43-48,58-59,61H,12,15-29H2,1-11H3,(H,62,63,64);/q;+1/p-1/t30-,31+,32-,37-,38-,40+,41+,43+,44-,45+,46+,47+,48+,53-,54-,55-,56+,57+;/m1./s1. The third kappa shape index (κ3) is 7.36. The van der Waals surface area contributed by atoms with Gasteiger partial charge in [0, 0.05) is 23.2 Å². The van der Waals surface area contributed by atoms with Gasteiger partial charge in [0.05, 0.1) is 41.5 Å². The fourth-order valence-corrected chi connectivity index (χ4v) is 20.3. The average molecular weight is 999 g/mol. The van der Waals surface area contributed by atoms with E-state index in [0.717, 1.165) is 69.8 Å². The molecule has 0 radical (unpaired) electrons. The van der Waals surface area contributed by atoms with Crippen molar-refractivity contribution in [2.75, 3.05) is 6.61 Å². The van der Waals surface area contributed by atoms with E-state index in [1.54, 1.807) is 0 Å². The van der Waals surface area contributed by atoms with Gasteiger partial charge in [0.1, 0.15) is 12.2 Å². The van der Waals surface area contributed by atoms with E-state index in [1.807, 2.05) is 27.7 Å². The summed E-state index contributed by atoms with van der Waals surface area (Å²) < 4.78 is 63.7. The maximum absolute atomic E-state index is 13.1. The Morgan fingerprint density at radius 1 is 0.871 bits per heavy atom. The summed E-state index contributed by atoms with van der Waals surface area (Å²) in [5.41, 5.74) is 4.58. The molecule has 1 spiro atoms. The average Bonchev–Trinajstić information content (AvgIpc) is 3.84. The fourth-order valence-electron chi connectivity index (χ4n) is 19.8. The first-order valence-electron chi connectivity index (χ1n) is 27.2. The second-order valence-corrected chi connectivity index (χ2v) is 28.4. The number of ketones is 1. The molecule has 12 rings (SSSR count). The van der Waals surface area contributed by atoms with Crippen LogP contribution in [0.5, 0.6) is 0 Å². The quantitative estimate of drug-likeness (QED) is 0.118. The van der Waals surface area contributed by atoms with Crippen molar-refractivity contribution in [2.24, 2.45) is 63.1 Å². The molecule has 7 fully saturated rings. The molecule has 1 aromatic carbocycles. The second-order valence-electron chi connectivity index (χ2n) is 27.4. The van der Waals surface area contributed by atoms with E-state index >= 15 is 0 Å².